The van der Waals surface area contributed by atoms with E-state index in [1.165, 1.54) is 40.8 Å². The van der Waals surface area contributed by atoms with Gasteiger partial charge in [0.2, 0.25) is 0 Å². The summed E-state index contributed by atoms with van der Waals surface area (Å²) in [4.78, 5) is 43.7. The number of halogens is 1. The summed E-state index contributed by atoms with van der Waals surface area (Å²) in [5.41, 5.74) is -1.40. The highest BCUT2D eigenvalue weighted by atomic mass is 19.1. The largest absolute Gasteiger partial charge is 0.502 e. The lowest BCUT2D eigenvalue weighted by molar-refractivity contribution is 0.0137. The van der Waals surface area contributed by atoms with Crippen molar-refractivity contribution in [3.05, 3.63) is 62.8 Å². The topological polar surface area (TPSA) is 112 Å². The number of aliphatic hydroxyl groups excluding tert-OH is 1. The molecule has 1 aromatic heterocycles. The second kappa shape index (κ2) is 7.63. The Kier molecular flexibility index (Phi) is 4.85. The van der Waals surface area contributed by atoms with Crippen LogP contribution in [0.3, 0.4) is 0 Å². The maximum atomic E-state index is 13.8. The van der Waals surface area contributed by atoms with Crippen LogP contribution in [0.25, 0.3) is 0 Å². The van der Waals surface area contributed by atoms with Crippen LogP contribution in [0.15, 0.2) is 29.1 Å². The normalized spacial score (nSPS) is 28.5. The Morgan fingerprint density at radius 1 is 1.17 bits per heavy atom. The fraction of sp³-hybridized carbons (Fsp3) is 0.480. The van der Waals surface area contributed by atoms with E-state index in [4.69, 9.17) is 4.74 Å². The van der Waals surface area contributed by atoms with Crippen molar-refractivity contribution in [2.75, 3.05) is 26.8 Å². The number of rotatable bonds is 5. The number of methoxy groups -OCH3 is 1. The minimum atomic E-state index is -1.28. The summed E-state index contributed by atoms with van der Waals surface area (Å²) in [6.45, 7) is 0.456. The van der Waals surface area contributed by atoms with E-state index < -0.39 is 40.7 Å². The number of aromatic hydroxyl groups is 1. The molecular weight excluding hydrogens is 457 g/mol. The molecule has 3 unspecified atom stereocenters. The zero-order valence-corrected chi connectivity index (χ0v) is 19.2. The van der Waals surface area contributed by atoms with Crippen molar-refractivity contribution in [1.82, 2.24) is 14.4 Å². The molecule has 4 atom stereocenters. The molecule has 2 aliphatic carbocycles. The first-order valence-electron chi connectivity index (χ1n) is 11.8. The van der Waals surface area contributed by atoms with Gasteiger partial charge in [-0.25, -0.2) is 4.39 Å². The maximum absolute atomic E-state index is 13.8. The van der Waals surface area contributed by atoms with Crippen molar-refractivity contribution < 1.29 is 28.9 Å². The fourth-order valence-corrected chi connectivity index (χ4v) is 6.52. The van der Waals surface area contributed by atoms with E-state index in [9.17, 15) is 29.0 Å². The van der Waals surface area contributed by atoms with E-state index in [0.717, 1.165) is 12.8 Å². The lowest BCUT2D eigenvalue weighted by atomic mass is 9.93. The summed E-state index contributed by atoms with van der Waals surface area (Å²) in [6, 6.07) is 5.58. The van der Waals surface area contributed by atoms with Crippen molar-refractivity contribution in [2.45, 2.75) is 37.6 Å². The zero-order chi connectivity index (χ0) is 24.6. The highest BCUT2D eigenvalue weighted by molar-refractivity contribution is 6.05. The molecule has 2 N–H and O–H groups in total. The molecule has 6 rings (SSSR count). The number of hydrogen-bond acceptors (Lipinski definition) is 6. The fourth-order valence-electron chi connectivity index (χ4n) is 6.52. The van der Waals surface area contributed by atoms with Crippen LogP contribution in [0.1, 0.15) is 57.3 Å². The van der Waals surface area contributed by atoms with Crippen LogP contribution >= 0.6 is 0 Å². The van der Waals surface area contributed by atoms with Crippen LogP contribution in [-0.4, -0.2) is 63.2 Å². The molecule has 2 aliphatic heterocycles. The lowest BCUT2D eigenvalue weighted by Gasteiger charge is -2.38. The summed E-state index contributed by atoms with van der Waals surface area (Å²) in [6.07, 6.45) is 1.03. The average molecular weight is 483 g/mol. The molecule has 10 heteroatoms. The Morgan fingerprint density at radius 2 is 1.91 bits per heavy atom. The molecule has 1 aromatic carbocycles. The quantitative estimate of drug-likeness (QED) is 0.668. The van der Waals surface area contributed by atoms with Gasteiger partial charge in [-0.1, -0.05) is 12.1 Å². The number of aliphatic hydroxyl groups is 1. The number of ether oxygens (including phenoxy) is 1. The summed E-state index contributed by atoms with van der Waals surface area (Å²) in [5.74, 6) is -1.75. The van der Waals surface area contributed by atoms with Crippen LogP contribution in [0.5, 0.6) is 5.75 Å². The molecule has 9 nitrogen and oxygen atoms in total. The third-order valence-corrected chi connectivity index (χ3v) is 8.13. The Bertz CT molecular complexity index is 1310. The highest BCUT2D eigenvalue weighted by Crippen LogP contribution is 2.64. The SMILES string of the molecule is COCCN1C(=O)c2c3c(c(O)c(=O)n2C12CCC1C[C@@H]12)C(=O)N(Cc1ccc(F)cc1)CC3O. The van der Waals surface area contributed by atoms with Crippen LogP contribution in [0.2, 0.25) is 0 Å². The summed E-state index contributed by atoms with van der Waals surface area (Å²) in [5, 5.41) is 22.2. The average Bonchev–Trinajstić information content (AvgIpc) is 3.48. The minimum absolute atomic E-state index is 0.00580. The molecule has 0 saturated heterocycles. The second-order valence-electron chi connectivity index (χ2n) is 9.92. The zero-order valence-electron chi connectivity index (χ0n) is 19.2. The van der Waals surface area contributed by atoms with Gasteiger partial charge in [0, 0.05) is 31.7 Å². The van der Waals surface area contributed by atoms with Gasteiger partial charge in [0.15, 0.2) is 5.75 Å². The van der Waals surface area contributed by atoms with Crippen LogP contribution in [0.4, 0.5) is 4.39 Å². The van der Waals surface area contributed by atoms with Gasteiger partial charge in [-0.3, -0.25) is 19.0 Å². The van der Waals surface area contributed by atoms with Crippen LogP contribution in [0, 0.1) is 17.7 Å². The van der Waals surface area contributed by atoms with E-state index in [0.29, 0.717) is 17.9 Å². The van der Waals surface area contributed by atoms with Gasteiger partial charge in [0.1, 0.15) is 17.2 Å². The van der Waals surface area contributed by atoms with Crippen molar-refractivity contribution in [3.8, 4) is 5.75 Å². The first kappa shape index (κ1) is 22.2. The van der Waals surface area contributed by atoms with Gasteiger partial charge in [-0.15, -0.1) is 0 Å². The smallest absolute Gasteiger partial charge is 0.296 e. The number of carbonyl (C=O) groups excluding carboxylic acids is 2. The van der Waals surface area contributed by atoms with Crippen molar-refractivity contribution in [1.29, 1.82) is 0 Å². The molecule has 184 valence electrons. The third-order valence-electron chi connectivity index (χ3n) is 8.13. The van der Waals surface area contributed by atoms with E-state index in [1.807, 2.05) is 0 Å². The molecule has 0 bridgehead atoms. The van der Waals surface area contributed by atoms with Crippen molar-refractivity contribution >= 4 is 11.8 Å². The molecule has 3 heterocycles. The first-order chi connectivity index (χ1) is 16.8. The van der Waals surface area contributed by atoms with Gasteiger partial charge >= 0.3 is 0 Å². The highest BCUT2D eigenvalue weighted by Gasteiger charge is 2.67. The molecule has 0 radical (unpaired) electrons. The Morgan fingerprint density at radius 3 is 2.54 bits per heavy atom. The summed E-state index contributed by atoms with van der Waals surface area (Å²) < 4.78 is 19.9. The predicted molar refractivity (Wildman–Crippen MR) is 120 cm³/mol. The van der Waals surface area contributed by atoms with Gasteiger partial charge in [-0.2, -0.15) is 0 Å². The molecule has 2 fully saturated rings. The van der Waals surface area contributed by atoms with Gasteiger partial charge in [0.05, 0.1) is 24.8 Å². The number of pyridine rings is 1. The Hall–Kier alpha value is -3.24. The second-order valence-corrected chi connectivity index (χ2v) is 9.92. The van der Waals surface area contributed by atoms with E-state index in [2.05, 4.69) is 0 Å². The lowest BCUT2D eigenvalue weighted by Crippen LogP contribution is -2.51. The van der Waals surface area contributed by atoms with Crippen molar-refractivity contribution in [3.63, 3.8) is 0 Å². The number of amides is 2. The van der Waals surface area contributed by atoms with Gasteiger partial charge < -0.3 is 24.7 Å². The Balaban J connectivity index is 1.49. The third kappa shape index (κ3) is 2.96. The molecule has 2 aromatic rings. The standard InChI is InChI=1S/C25H26FN3O6/c1-35-9-8-28-23(33)20-18-17(30)12-27(11-13-2-4-15(26)5-3-13)22(32)19(18)21(31)24(34)29(20)25(28)7-6-14-10-16(14)25/h2-5,14,16-17,30-31H,6-12H2,1H3/t14?,16-,17?,25?/m0/s1. The maximum Gasteiger partial charge on any atom is 0.296 e. The summed E-state index contributed by atoms with van der Waals surface area (Å²) >= 11 is 0. The number of hydrogen-bond donors (Lipinski definition) is 2. The predicted octanol–water partition coefficient (Wildman–Crippen LogP) is 1.57. The molecule has 1 spiro atoms. The van der Waals surface area contributed by atoms with E-state index in [-0.39, 0.29) is 49.0 Å². The number of aromatic nitrogens is 1. The van der Waals surface area contributed by atoms with Gasteiger partial charge in [-0.05, 0) is 42.9 Å². The Labute approximate surface area is 200 Å². The van der Waals surface area contributed by atoms with E-state index in [1.54, 1.807) is 4.90 Å². The number of carbonyl (C=O) groups is 2. The number of fused-ring (bicyclic) bond motifs is 6. The molecular formula is C25H26FN3O6. The molecule has 2 saturated carbocycles. The number of β-amino-alcohol motifs (C(OH)–C–C–N with tert-alkyl or cyclic N) is 1. The van der Waals surface area contributed by atoms with E-state index >= 15 is 0 Å². The summed E-state index contributed by atoms with van der Waals surface area (Å²) in [7, 11) is 1.53. The number of nitrogens with zero attached hydrogens (tertiary/aromatic N) is 3. The van der Waals surface area contributed by atoms with Crippen LogP contribution < -0.4 is 5.56 Å². The van der Waals surface area contributed by atoms with Crippen molar-refractivity contribution in [2.24, 2.45) is 11.8 Å². The van der Waals surface area contributed by atoms with Crippen LogP contribution in [-0.2, 0) is 16.9 Å². The molecule has 35 heavy (non-hydrogen) atoms. The monoisotopic (exact) mass is 483 g/mol. The first-order valence-corrected chi connectivity index (χ1v) is 11.8. The number of benzene rings is 1. The molecule has 2 amide bonds. The minimum Gasteiger partial charge on any atom is -0.502 e. The van der Waals surface area contributed by atoms with Gasteiger partial charge in [0.25, 0.3) is 17.4 Å². The molecule has 4 aliphatic rings.